The summed E-state index contributed by atoms with van der Waals surface area (Å²) < 4.78 is 27.9. The van der Waals surface area contributed by atoms with Gasteiger partial charge in [0.15, 0.2) is 0 Å². The fourth-order valence-corrected chi connectivity index (χ4v) is 4.88. The lowest BCUT2D eigenvalue weighted by atomic mass is 10.1. The average molecular weight is 384 g/mol. The number of nitriles is 1. The third-order valence-electron chi connectivity index (χ3n) is 3.89. The Hall–Kier alpha value is -3.16. The number of H-pyrrole nitrogens is 2. The van der Waals surface area contributed by atoms with Crippen LogP contribution in [0.2, 0.25) is 0 Å². The zero-order valence-corrected chi connectivity index (χ0v) is 15.1. The van der Waals surface area contributed by atoms with Crippen molar-refractivity contribution in [2.75, 3.05) is 4.72 Å². The van der Waals surface area contributed by atoms with Gasteiger partial charge in [-0.15, -0.1) is 0 Å². The number of benzene rings is 1. The molecule has 0 saturated heterocycles. The zero-order chi connectivity index (χ0) is 18.3. The van der Waals surface area contributed by atoms with Gasteiger partial charge in [0.25, 0.3) is 10.0 Å². The SMILES string of the molecule is Cc1ccc(NS(=O)(=O)c2ncc(-c3ccn[nH]3)s2)c2[nH]cc(C#N)c12. The molecule has 3 aromatic heterocycles. The molecule has 1 aromatic carbocycles. The van der Waals surface area contributed by atoms with Gasteiger partial charge in [-0.2, -0.15) is 18.8 Å². The second-order valence-corrected chi connectivity index (χ2v) is 8.45. The van der Waals surface area contributed by atoms with Crippen molar-refractivity contribution < 1.29 is 8.42 Å². The van der Waals surface area contributed by atoms with E-state index in [1.165, 1.54) is 6.20 Å². The van der Waals surface area contributed by atoms with Crippen LogP contribution in [0.5, 0.6) is 0 Å². The molecule has 130 valence electrons. The molecule has 0 unspecified atom stereocenters. The van der Waals surface area contributed by atoms with Crippen LogP contribution in [-0.2, 0) is 10.0 Å². The van der Waals surface area contributed by atoms with Gasteiger partial charge in [-0.3, -0.25) is 9.82 Å². The first-order chi connectivity index (χ1) is 12.5. The number of hydrogen-bond donors (Lipinski definition) is 3. The van der Waals surface area contributed by atoms with E-state index in [0.29, 0.717) is 32.7 Å². The van der Waals surface area contributed by atoms with Crippen LogP contribution in [0.1, 0.15) is 11.1 Å². The smallest absolute Gasteiger partial charge is 0.289 e. The number of sulfonamides is 1. The van der Waals surface area contributed by atoms with Crippen LogP contribution in [0, 0.1) is 18.3 Å². The van der Waals surface area contributed by atoms with Crippen molar-refractivity contribution >= 4 is 38.0 Å². The Bertz CT molecular complexity index is 1250. The number of nitrogens with one attached hydrogen (secondary N) is 3. The molecule has 0 saturated carbocycles. The van der Waals surface area contributed by atoms with Gasteiger partial charge in [0.05, 0.1) is 27.3 Å². The standard InChI is InChI=1S/C16H12N6O2S2/c1-9-2-3-12(15-14(9)10(6-17)7-18-15)22-26(23,24)16-19-8-13(25-16)11-4-5-20-21-11/h2-5,7-8,18,22H,1H3,(H,20,21). The van der Waals surface area contributed by atoms with Crippen LogP contribution in [0.15, 0.2) is 41.1 Å². The van der Waals surface area contributed by atoms with Gasteiger partial charge in [0, 0.05) is 24.0 Å². The Morgan fingerprint density at radius 1 is 1.31 bits per heavy atom. The van der Waals surface area contributed by atoms with E-state index in [-0.39, 0.29) is 4.34 Å². The molecule has 0 fully saturated rings. The quantitative estimate of drug-likeness (QED) is 0.498. The van der Waals surface area contributed by atoms with Crippen LogP contribution < -0.4 is 4.72 Å². The van der Waals surface area contributed by atoms with Crippen molar-refractivity contribution in [3.8, 4) is 16.6 Å². The van der Waals surface area contributed by atoms with Gasteiger partial charge >= 0.3 is 0 Å². The topological polar surface area (TPSA) is 127 Å². The van der Waals surface area contributed by atoms with E-state index in [1.54, 1.807) is 30.6 Å². The molecule has 0 aliphatic rings. The molecule has 0 spiro atoms. The predicted octanol–water partition coefficient (Wildman–Crippen LogP) is 3.00. The van der Waals surface area contributed by atoms with Gasteiger partial charge in [-0.05, 0) is 24.6 Å². The third-order valence-corrected chi connectivity index (χ3v) is 6.68. The summed E-state index contributed by atoms with van der Waals surface area (Å²) in [6.45, 7) is 1.87. The third kappa shape index (κ3) is 2.63. The van der Waals surface area contributed by atoms with E-state index in [1.807, 2.05) is 6.92 Å². The maximum Gasteiger partial charge on any atom is 0.289 e. The van der Waals surface area contributed by atoms with Crippen molar-refractivity contribution in [1.29, 1.82) is 5.26 Å². The summed E-state index contributed by atoms with van der Waals surface area (Å²) >= 11 is 1.04. The zero-order valence-electron chi connectivity index (χ0n) is 13.4. The number of fused-ring (bicyclic) bond motifs is 1. The maximum atomic E-state index is 12.7. The number of aromatic nitrogens is 4. The number of nitrogens with zero attached hydrogens (tertiary/aromatic N) is 3. The first-order valence-electron chi connectivity index (χ1n) is 7.49. The molecule has 0 aliphatic heterocycles. The molecule has 3 N–H and O–H groups in total. The van der Waals surface area contributed by atoms with Crippen molar-refractivity contribution in [3.05, 3.63) is 47.9 Å². The van der Waals surface area contributed by atoms with Gasteiger partial charge < -0.3 is 4.98 Å². The summed E-state index contributed by atoms with van der Waals surface area (Å²) in [7, 11) is -3.87. The van der Waals surface area contributed by atoms with Crippen molar-refractivity contribution in [2.24, 2.45) is 0 Å². The number of anilines is 1. The Balaban J connectivity index is 1.73. The number of aryl methyl sites for hydroxylation is 1. The molecule has 0 aliphatic carbocycles. The van der Waals surface area contributed by atoms with Crippen molar-refractivity contribution in [1.82, 2.24) is 20.2 Å². The molecule has 0 atom stereocenters. The second-order valence-electron chi connectivity index (χ2n) is 5.56. The molecular weight excluding hydrogens is 372 g/mol. The normalized spacial score (nSPS) is 11.5. The lowest BCUT2D eigenvalue weighted by Crippen LogP contribution is -2.13. The average Bonchev–Trinajstić information content (AvgIpc) is 3.36. The fourth-order valence-electron chi connectivity index (χ4n) is 2.68. The molecule has 8 nitrogen and oxygen atoms in total. The summed E-state index contributed by atoms with van der Waals surface area (Å²) in [5.41, 5.74) is 2.98. The largest absolute Gasteiger partial charge is 0.358 e. The molecule has 0 amide bonds. The first-order valence-corrected chi connectivity index (χ1v) is 9.79. The van der Waals surface area contributed by atoms with Gasteiger partial charge in [-0.1, -0.05) is 17.4 Å². The molecular formula is C16H12N6O2S2. The summed E-state index contributed by atoms with van der Waals surface area (Å²) in [4.78, 5) is 7.66. The lowest BCUT2D eigenvalue weighted by molar-refractivity contribution is 0.600. The Labute approximate surface area is 152 Å². The molecule has 0 radical (unpaired) electrons. The van der Waals surface area contributed by atoms with E-state index in [4.69, 9.17) is 0 Å². The van der Waals surface area contributed by atoms with Crippen molar-refractivity contribution in [3.63, 3.8) is 0 Å². The van der Waals surface area contributed by atoms with E-state index >= 15 is 0 Å². The molecule has 3 heterocycles. The lowest BCUT2D eigenvalue weighted by Gasteiger charge is -2.08. The Kier molecular flexibility index (Phi) is 3.75. The molecule has 26 heavy (non-hydrogen) atoms. The highest BCUT2D eigenvalue weighted by Crippen LogP contribution is 2.32. The summed E-state index contributed by atoms with van der Waals surface area (Å²) in [6.07, 6.45) is 4.64. The fraction of sp³-hybridized carbons (Fsp3) is 0.0625. The van der Waals surface area contributed by atoms with Crippen LogP contribution in [-0.4, -0.2) is 28.6 Å². The number of thiazole rings is 1. The van der Waals surface area contributed by atoms with E-state index in [0.717, 1.165) is 16.9 Å². The minimum atomic E-state index is -3.87. The molecule has 4 aromatic rings. The predicted molar refractivity (Wildman–Crippen MR) is 98.3 cm³/mol. The summed E-state index contributed by atoms with van der Waals surface area (Å²) in [5.74, 6) is 0. The van der Waals surface area contributed by atoms with Gasteiger partial charge in [0.2, 0.25) is 4.34 Å². The highest BCUT2D eigenvalue weighted by atomic mass is 32.2. The van der Waals surface area contributed by atoms with Gasteiger partial charge in [0.1, 0.15) is 6.07 Å². The summed E-state index contributed by atoms with van der Waals surface area (Å²) in [6, 6.07) is 7.28. The van der Waals surface area contributed by atoms with Crippen LogP contribution in [0.25, 0.3) is 21.5 Å². The van der Waals surface area contributed by atoms with Crippen LogP contribution in [0.3, 0.4) is 0 Å². The highest BCUT2D eigenvalue weighted by molar-refractivity contribution is 7.94. The number of aromatic amines is 2. The van der Waals surface area contributed by atoms with E-state index < -0.39 is 10.0 Å². The van der Waals surface area contributed by atoms with Crippen LogP contribution >= 0.6 is 11.3 Å². The molecule has 4 rings (SSSR count). The van der Waals surface area contributed by atoms with Crippen LogP contribution in [0.4, 0.5) is 5.69 Å². The molecule has 10 heteroatoms. The number of hydrogen-bond acceptors (Lipinski definition) is 6. The minimum absolute atomic E-state index is 0.0529. The Morgan fingerprint density at radius 2 is 2.15 bits per heavy atom. The van der Waals surface area contributed by atoms with Crippen molar-refractivity contribution in [2.45, 2.75) is 11.3 Å². The Morgan fingerprint density at radius 3 is 2.88 bits per heavy atom. The van der Waals surface area contributed by atoms with E-state index in [9.17, 15) is 13.7 Å². The maximum absolute atomic E-state index is 12.7. The second kappa shape index (κ2) is 5.98. The summed E-state index contributed by atoms with van der Waals surface area (Å²) in [5, 5.41) is 16.5. The minimum Gasteiger partial charge on any atom is -0.358 e. The highest BCUT2D eigenvalue weighted by Gasteiger charge is 2.22. The number of rotatable bonds is 4. The van der Waals surface area contributed by atoms with E-state index in [2.05, 4.69) is 31.0 Å². The van der Waals surface area contributed by atoms with Gasteiger partial charge in [-0.25, -0.2) is 4.98 Å². The first kappa shape index (κ1) is 16.3. The molecule has 0 bridgehead atoms. The monoisotopic (exact) mass is 384 g/mol.